The average molecular weight is 519 g/mol. The van der Waals surface area contributed by atoms with Gasteiger partial charge in [-0.25, -0.2) is 5.43 Å². The fourth-order valence-corrected chi connectivity index (χ4v) is 4.93. The Morgan fingerprint density at radius 3 is 2.81 bits per heavy atom. The highest BCUT2D eigenvalue weighted by Gasteiger charge is 2.34. The van der Waals surface area contributed by atoms with Crippen LogP contribution in [0.5, 0.6) is 5.75 Å². The highest BCUT2D eigenvalue weighted by molar-refractivity contribution is 9.10. The minimum Gasteiger partial charge on any atom is -0.493 e. The lowest BCUT2D eigenvalue weighted by Gasteiger charge is -2.45. The molecular weight excluding hydrogens is 494 g/mol. The lowest BCUT2D eigenvalue weighted by atomic mass is 9.80. The zero-order valence-electron chi connectivity index (χ0n) is 18.6. The zero-order valence-corrected chi connectivity index (χ0v) is 21.0. The molecule has 0 fully saturated rings. The van der Waals surface area contributed by atoms with Gasteiger partial charge in [-0.05, 0) is 62.1 Å². The normalized spacial score (nSPS) is 17.6. The highest BCUT2D eigenvalue weighted by atomic mass is 79.9. The standard InChI is InChI=1S/C24H25BrClN3O3/c1-13-11-24(2,3)29(4)19-10-18(26)15(7-17(13)19)12-27-28-23(30)21-8-14-6-16(25)9-20(31-5)22(14)32-21/h6-10,12-13H,11H2,1-5H3,(H,28,30)/b27-12-/t13-/m1/s1. The van der Waals surface area contributed by atoms with E-state index in [9.17, 15) is 4.79 Å². The number of carbonyl (C=O) groups is 1. The Bertz CT molecular complexity index is 1230. The summed E-state index contributed by atoms with van der Waals surface area (Å²) in [5.41, 5.74) is 6.18. The molecule has 0 saturated carbocycles. The van der Waals surface area contributed by atoms with Gasteiger partial charge >= 0.3 is 5.91 Å². The van der Waals surface area contributed by atoms with Crippen LogP contribution in [0.4, 0.5) is 5.69 Å². The highest BCUT2D eigenvalue weighted by Crippen LogP contribution is 2.44. The molecule has 0 aliphatic carbocycles. The lowest BCUT2D eigenvalue weighted by molar-refractivity contribution is 0.0929. The van der Waals surface area contributed by atoms with Crippen LogP contribution in [0.15, 0.2) is 44.3 Å². The van der Waals surface area contributed by atoms with Gasteiger partial charge in [-0.1, -0.05) is 34.5 Å². The first-order valence-electron chi connectivity index (χ1n) is 10.3. The number of nitrogens with one attached hydrogen (secondary N) is 1. The Labute approximate surface area is 200 Å². The molecule has 4 rings (SSSR count). The average Bonchev–Trinajstić information content (AvgIpc) is 3.16. The van der Waals surface area contributed by atoms with Crippen molar-refractivity contribution in [3.8, 4) is 5.75 Å². The first-order chi connectivity index (χ1) is 15.1. The van der Waals surface area contributed by atoms with Gasteiger partial charge in [-0.3, -0.25) is 4.79 Å². The molecule has 0 unspecified atom stereocenters. The number of furan rings is 1. The molecular formula is C24H25BrClN3O3. The summed E-state index contributed by atoms with van der Waals surface area (Å²) in [6.07, 6.45) is 2.60. The van der Waals surface area contributed by atoms with Crippen molar-refractivity contribution < 1.29 is 13.9 Å². The molecule has 3 aromatic rings. The van der Waals surface area contributed by atoms with Crippen molar-refractivity contribution in [2.24, 2.45) is 5.10 Å². The number of amides is 1. The van der Waals surface area contributed by atoms with E-state index in [4.69, 9.17) is 20.8 Å². The fraction of sp³-hybridized carbons (Fsp3) is 0.333. The number of methoxy groups -OCH3 is 1. The van der Waals surface area contributed by atoms with Gasteiger partial charge in [0.1, 0.15) is 0 Å². The van der Waals surface area contributed by atoms with Crippen molar-refractivity contribution in [2.45, 2.75) is 38.6 Å². The number of nitrogens with zero attached hydrogens (tertiary/aromatic N) is 2. The molecule has 2 aromatic carbocycles. The third-order valence-electron chi connectivity index (χ3n) is 6.11. The van der Waals surface area contributed by atoms with E-state index in [2.05, 4.69) is 59.2 Å². The first-order valence-corrected chi connectivity index (χ1v) is 11.5. The molecule has 6 nitrogen and oxygen atoms in total. The summed E-state index contributed by atoms with van der Waals surface area (Å²) in [6.45, 7) is 6.69. The van der Waals surface area contributed by atoms with Crippen molar-refractivity contribution >= 4 is 56.3 Å². The maximum atomic E-state index is 12.6. The Kier molecular flexibility index (Phi) is 5.98. The second kappa shape index (κ2) is 8.45. The molecule has 1 N–H and O–H groups in total. The molecule has 32 heavy (non-hydrogen) atoms. The number of hydrogen-bond acceptors (Lipinski definition) is 5. The van der Waals surface area contributed by atoms with E-state index in [1.54, 1.807) is 25.5 Å². The number of carbonyl (C=O) groups excluding carboxylic acids is 1. The molecule has 168 valence electrons. The van der Waals surface area contributed by atoms with Crippen molar-refractivity contribution in [3.05, 3.63) is 56.7 Å². The molecule has 0 saturated heterocycles. The van der Waals surface area contributed by atoms with Crippen LogP contribution in [0, 0.1) is 0 Å². The number of benzene rings is 2. The summed E-state index contributed by atoms with van der Waals surface area (Å²) >= 11 is 9.96. The Hall–Kier alpha value is -2.51. The minimum absolute atomic E-state index is 0.0597. The van der Waals surface area contributed by atoms with Gasteiger partial charge in [0.15, 0.2) is 17.1 Å². The van der Waals surface area contributed by atoms with E-state index in [1.807, 2.05) is 18.2 Å². The molecule has 1 aromatic heterocycles. The third kappa shape index (κ3) is 4.11. The van der Waals surface area contributed by atoms with Crippen molar-refractivity contribution in [1.29, 1.82) is 0 Å². The van der Waals surface area contributed by atoms with E-state index in [0.29, 0.717) is 22.3 Å². The van der Waals surface area contributed by atoms with Crippen LogP contribution in [0.25, 0.3) is 11.0 Å². The minimum atomic E-state index is -0.459. The predicted molar refractivity (Wildman–Crippen MR) is 132 cm³/mol. The monoisotopic (exact) mass is 517 g/mol. The summed E-state index contributed by atoms with van der Waals surface area (Å²) in [7, 11) is 3.64. The number of hydrazone groups is 1. The summed E-state index contributed by atoms with van der Waals surface area (Å²) in [5.74, 6) is 0.613. The van der Waals surface area contributed by atoms with E-state index in [1.165, 1.54) is 5.56 Å². The van der Waals surface area contributed by atoms with Gasteiger partial charge in [0, 0.05) is 33.7 Å². The van der Waals surface area contributed by atoms with Crippen LogP contribution in [0.3, 0.4) is 0 Å². The Balaban J connectivity index is 1.55. The van der Waals surface area contributed by atoms with E-state index < -0.39 is 5.91 Å². The SMILES string of the molecule is COc1cc(Br)cc2cc(C(=O)N/N=C\c3cc4c(cc3Cl)N(C)C(C)(C)C[C@H]4C)oc12. The quantitative estimate of drug-likeness (QED) is 0.323. The number of hydrogen-bond donors (Lipinski definition) is 1. The van der Waals surface area contributed by atoms with Gasteiger partial charge in [0.2, 0.25) is 0 Å². The molecule has 0 radical (unpaired) electrons. The van der Waals surface area contributed by atoms with Crippen LogP contribution < -0.4 is 15.1 Å². The van der Waals surface area contributed by atoms with E-state index >= 15 is 0 Å². The van der Waals surface area contributed by atoms with Crippen LogP contribution in [0.2, 0.25) is 5.02 Å². The summed E-state index contributed by atoms with van der Waals surface area (Å²) in [4.78, 5) is 14.8. The van der Waals surface area contributed by atoms with Crippen LogP contribution >= 0.6 is 27.5 Å². The van der Waals surface area contributed by atoms with Crippen molar-refractivity contribution in [1.82, 2.24) is 5.43 Å². The third-order valence-corrected chi connectivity index (χ3v) is 6.90. The second-order valence-corrected chi connectivity index (χ2v) is 10.1. The lowest BCUT2D eigenvalue weighted by Crippen LogP contribution is -2.45. The number of fused-ring (bicyclic) bond motifs is 2. The van der Waals surface area contributed by atoms with Crippen molar-refractivity contribution in [3.63, 3.8) is 0 Å². The van der Waals surface area contributed by atoms with E-state index in [0.717, 1.165) is 27.5 Å². The molecule has 0 bridgehead atoms. The smallest absolute Gasteiger partial charge is 0.307 e. The van der Waals surface area contributed by atoms with Crippen molar-refractivity contribution in [2.75, 3.05) is 19.1 Å². The molecule has 1 aliphatic rings. The molecule has 0 spiro atoms. The van der Waals surface area contributed by atoms with Crippen LogP contribution in [-0.2, 0) is 0 Å². The number of anilines is 1. The maximum absolute atomic E-state index is 12.6. The predicted octanol–water partition coefficient (Wildman–Crippen LogP) is 6.34. The molecule has 1 atom stereocenters. The van der Waals surface area contributed by atoms with Crippen LogP contribution in [-0.4, -0.2) is 31.8 Å². The van der Waals surface area contributed by atoms with E-state index in [-0.39, 0.29) is 11.3 Å². The second-order valence-electron chi connectivity index (χ2n) is 8.75. The summed E-state index contributed by atoms with van der Waals surface area (Å²) in [5, 5.41) is 5.44. The van der Waals surface area contributed by atoms with Gasteiger partial charge < -0.3 is 14.1 Å². The number of ether oxygens (including phenoxy) is 1. The van der Waals surface area contributed by atoms with Gasteiger partial charge in [0.05, 0.1) is 18.3 Å². The Morgan fingerprint density at radius 1 is 1.34 bits per heavy atom. The molecule has 1 amide bonds. The Morgan fingerprint density at radius 2 is 2.09 bits per heavy atom. The molecule has 8 heteroatoms. The first kappa shape index (κ1) is 22.7. The maximum Gasteiger partial charge on any atom is 0.307 e. The van der Waals surface area contributed by atoms with Gasteiger partial charge in [-0.15, -0.1) is 0 Å². The summed E-state index contributed by atoms with van der Waals surface area (Å²) in [6, 6.07) is 9.31. The summed E-state index contributed by atoms with van der Waals surface area (Å²) < 4.78 is 11.8. The topological polar surface area (TPSA) is 67.1 Å². The van der Waals surface area contributed by atoms with Gasteiger partial charge in [0.25, 0.3) is 0 Å². The fourth-order valence-electron chi connectivity index (χ4n) is 4.27. The number of rotatable bonds is 4. The largest absolute Gasteiger partial charge is 0.493 e. The zero-order chi connectivity index (χ0) is 23.2. The number of halogens is 2. The molecule has 1 aliphatic heterocycles. The van der Waals surface area contributed by atoms with Gasteiger partial charge in [-0.2, -0.15) is 5.10 Å². The van der Waals surface area contributed by atoms with Crippen LogP contribution in [0.1, 0.15) is 54.8 Å². The molecule has 2 heterocycles.